The molecular formula is C3H8BeO. The number of Topliss-reactive ketones (excluding diaryl/α,β-unsaturated/α-hetero) is 1. The molecule has 28 valence electrons. The van der Waals surface area contributed by atoms with E-state index in [2.05, 4.69) is 0 Å². The fourth-order valence-electron chi connectivity index (χ4n) is 0. The molecular weight excluding hydrogens is 61.0 g/mol. The van der Waals surface area contributed by atoms with Crippen LogP contribution in [0.2, 0.25) is 0 Å². The monoisotopic (exact) mass is 69.1 g/mol. The third-order valence-corrected chi connectivity index (χ3v) is 0. The Kier molecular flexibility index (Phi) is 6.79. The third-order valence-electron chi connectivity index (χ3n) is 0. The van der Waals surface area contributed by atoms with Crippen LogP contribution >= 0.6 is 0 Å². The summed E-state index contributed by atoms with van der Waals surface area (Å²) in [5.74, 6) is 0.167. The molecule has 0 unspecified atom stereocenters. The van der Waals surface area contributed by atoms with E-state index in [0.717, 1.165) is 0 Å². The maximum atomic E-state index is 9.44. The first-order valence-corrected chi connectivity index (χ1v) is 1.20. The van der Waals surface area contributed by atoms with Crippen LogP contribution in [0.25, 0.3) is 0 Å². The number of carbonyl (C=O) groups excluding carboxylic acids is 1. The van der Waals surface area contributed by atoms with Crippen LogP contribution in [0.1, 0.15) is 13.8 Å². The Hall–Kier alpha value is -0.161. The van der Waals surface area contributed by atoms with E-state index in [0.29, 0.717) is 0 Å². The van der Waals surface area contributed by atoms with Gasteiger partial charge in [0.2, 0.25) is 0 Å². The Morgan fingerprint density at radius 2 is 1.40 bits per heavy atom. The molecule has 0 N–H and O–H groups in total. The van der Waals surface area contributed by atoms with Crippen molar-refractivity contribution in [1.29, 1.82) is 0 Å². The van der Waals surface area contributed by atoms with E-state index in [1.165, 1.54) is 13.8 Å². The summed E-state index contributed by atoms with van der Waals surface area (Å²) in [6.07, 6.45) is 0. The summed E-state index contributed by atoms with van der Waals surface area (Å²) in [5, 5.41) is 0. The van der Waals surface area contributed by atoms with Gasteiger partial charge in [-0.15, -0.1) is 0 Å². The van der Waals surface area contributed by atoms with E-state index in [1.807, 2.05) is 0 Å². The van der Waals surface area contributed by atoms with Gasteiger partial charge < -0.3 is 4.79 Å². The summed E-state index contributed by atoms with van der Waals surface area (Å²) >= 11 is 0. The predicted molar refractivity (Wildman–Crippen MR) is 24.9 cm³/mol. The van der Waals surface area contributed by atoms with Gasteiger partial charge in [-0.05, 0) is 13.8 Å². The molecule has 0 radical (unpaired) electrons. The van der Waals surface area contributed by atoms with Crippen molar-refractivity contribution in [2.45, 2.75) is 13.8 Å². The molecule has 0 heterocycles. The zero-order chi connectivity index (χ0) is 3.58. The van der Waals surface area contributed by atoms with Gasteiger partial charge in [0.15, 0.2) is 0 Å². The van der Waals surface area contributed by atoms with Gasteiger partial charge in [0.1, 0.15) is 5.78 Å². The van der Waals surface area contributed by atoms with Crippen LogP contribution in [-0.4, -0.2) is 15.9 Å². The molecule has 0 saturated carbocycles. The molecule has 0 atom stereocenters. The standard InChI is InChI=1S/C3H6O.Be.2H/c1-3(2)4;;;/h1-2H3;;;. The van der Waals surface area contributed by atoms with Crippen LogP contribution in [-0.2, 0) is 4.79 Å². The SMILES string of the molecule is CC(C)=O.[BeH2]. The minimum absolute atomic E-state index is 0. The van der Waals surface area contributed by atoms with Crippen molar-refractivity contribution < 1.29 is 4.79 Å². The molecule has 0 saturated heterocycles. The fourth-order valence-corrected chi connectivity index (χ4v) is 0. The zero-order valence-corrected chi connectivity index (χ0v) is 2.91. The number of carbonyl (C=O) groups is 1. The van der Waals surface area contributed by atoms with Crippen molar-refractivity contribution in [3.8, 4) is 0 Å². The van der Waals surface area contributed by atoms with Gasteiger partial charge in [0.05, 0.1) is 0 Å². The summed E-state index contributed by atoms with van der Waals surface area (Å²) in [4.78, 5) is 9.44. The van der Waals surface area contributed by atoms with E-state index in [4.69, 9.17) is 0 Å². The van der Waals surface area contributed by atoms with Crippen molar-refractivity contribution in [2.75, 3.05) is 0 Å². The minimum atomic E-state index is 0. The second-order valence-electron chi connectivity index (χ2n) is 0.908. The molecule has 5 heavy (non-hydrogen) atoms. The number of rotatable bonds is 0. The Morgan fingerprint density at radius 1 is 1.40 bits per heavy atom. The number of ketones is 1. The Bertz CT molecular complexity index is 29.9. The second kappa shape index (κ2) is 3.84. The molecule has 0 aromatic rings. The summed E-state index contributed by atoms with van der Waals surface area (Å²) in [5.41, 5.74) is 0. The molecule has 0 rings (SSSR count). The topological polar surface area (TPSA) is 17.1 Å². The summed E-state index contributed by atoms with van der Waals surface area (Å²) in [6.45, 7) is 3.06. The van der Waals surface area contributed by atoms with Gasteiger partial charge in [-0.3, -0.25) is 0 Å². The second-order valence-corrected chi connectivity index (χ2v) is 0.908. The van der Waals surface area contributed by atoms with Crippen molar-refractivity contribution in [1.82, 2.24) is 0 Å². The zero-order valence-electron chi connectivity index (χ0n) is 2.91. The predicted octanol–water partition coefficient (Wildman–Crippen LogP) is -0.321. The quantitative estimate of drug-likeness (QED) is 0.356. The molecule has 0 aliphatic rings. The van der Waals surface area contributed by atoms with Crippen LogP contribution in [0.15, 0.2) is 0 Å². The van der Waals surface area contributed by atoms with Crippen molar-refractivity contribution in [3.05, 3.63) is 0 Å². The molecule has 0 aromatic carbocycles. The van der Waals surface area contributed by atoms with Gasteiger partial charge in [-0.1, -0.05) is 0 Å². The fraction of sp³-hybridized carbons (Fsp3) is 0.667. The van der Waals surface area contributed by atoms with Crippen molar-refractivity contribution in [3.63, 3.8) is 0 Å². The first-order valence-electron chi connectivity index (χ1n) is 1.20. The average Bonchev–Trinajstić information content (AvgIpc) is 0.811. The molecule has 2 heteroatoms. The maximum absolute atomic E-state index is 9.44. The van der Waals surface area contributed by atoms with Crippen LogP contribution in [0.5, 0.6) is 0 Å². The molecule has 0 amide bonds. The van der Waals surface area contributed by atoms with Gasteiger partial charge in [-0.25, -0.2) is 0 Å². The Labute approximate surface area is 35.6 Å². The van der Waals surface area contributed by atoms with Gasteiger partial charge >= 0.3 is 10.1 Å². The van der Waals surface area contributed by atoms with E-state index in [9.17, 15) is 4.79 Å². The van der Waals surface area contributed by atoms with Crippen molar-refractivity contribution in [2.24, 2.45) is 0 Å². The van der Waals surface area contributed by atoms with Crippen molar-refractivity contribution >= 4 is 15.9 Å². The normalized spacial score (nSPS) is 5.20. The number of hydrogen-bond acceptors (Lipinski definition) is 1. The van der Waals surface area contributed by atoms with E-state index >= 15 is 0 Å². The summed E-state index contributed by atoms with van der Waals surface area (Å²) in [7, 11) is 0. The van der Waals surface area contributed by atoms with Crippen LogP contribution in [0, 0.1) is 0 Å². The van der Waals surface area contributed by atoms with E-state index < -0.39 is 0 Å². The van der Waals surface area contributed by atoms with E-state index in [1.54, 1.807) is 0 Å². The molecule has 0 aliphatic heterocycles. The Morgan fingerprint density at radius 3 is 1.40 bits per heavy atom. The van der Waals surface area contributed by atoms with E-state index in [-0.39, 0.29) is 15.9 Å². The molecule has 0 spiro atoms. The molecule has 0 aromatic heterocycles. The molecule has 0 aliphatic carbocycles. The molecule has 1 nitrogen and oxygen atoms in total. The molecule has 0 fully saturated rings. The van der Waals surface area contributed by atoms with Gasteiger partial charge in [0.25, 0.3) is 0 Å². The van der Waals surface area contributed by atoms with Crippen LogP contribution in [0.4, 0.5) is 0 Å². The van der Waals surface area contributed by atoms with Gasteiger partial charge in [0, 0.05) is 0 Å². The average molecular weight is 69.1 g/mol. The number of hydrogen-bond donors (Lipinski definition) is 0. The summed E-state index contributed by atoms with van der Waals surface area (Å²) in [6, 6.07) is 0. The first-order chi connectivity index (χ1) is 1.73. The third kappa shape index (κ3) is 500. The Balaban J connectivity index is 0. The molecule has 0 bridgehead atoms. The first kappa shape index (κ1) is 8.85. The van der Waals surface area contributed by atoms with Crippen LogP contribution in [0.3, 0.4) is 0 Å². The summed E-state index contributed by atoms with van der Waals surface area (Å²) < 4.78 is 0. The van der Waals surface area contributed by atoms with Gasteiger partial charge in [-0.2, -0.15) is 0 Å². The van der Waals surface area contributed by atoms with Crippen LogP contribution < -0.4 is 0 Å².